The van der Waals surface area contributed by atoms with Gasteiger partial charge in [0.1, 0.15) is 42.6 Å². The van der Waals surface area contributed by atoms with Gasteiger partial charge in [-0.3, -0.25) is 24.0 Å². The summed E-state index contributed by atoms with van der Waals surface area (Å²) >= 11 is 1.36. The van der Waals surface area contributed by atoms with Gasteiger partial charge in [-0.05, 0) is 95.9 Å². The first-order valence-electron chi connectivity index (χ1n) is 37.4. The van der Waals surface area contributed by atoms with Gasteiger partial charge in [-0.15, -0.1) is 0 Å². The van der Waals surface area contributed by atoms with Gasteiger partial charge in [0, 0.05) is 49.7 Å². The second-order valence-corrected chi connectivity index (χ2v) is 29.4. The Hall–Kier alpha value is -5.12. The Morgan fingerprint density at radius 2 is 0.872 bits per heavy atom. The molecule has 2 aromatic carbocycles. The molecule has 3 rings (SSSR count). The highest BCUT2D eigenvalue weighted by Crippen LogP contribution is 2.44. The molecule has 3 atom stereocenters. The summed E-state index contributed by atoms with van der Waals surface area (Å²) in [6.45, 7) is 15.6. The number of carbonyl (C=O) groups excluding carboxylic acids is 7. The maximum absolute atomic E-state index is 14.0. The van der Waals surface area contributed by atoms with Gasteiger partial charge in [-0.25, -0.2) is 9.59 Å². The fourth-order valence-electron chi connectivity index (χ4n) is 12.0. The molecule has 1 aliphatic rings. The zero-order valence-electron chi connectivity index (χ0n) is 60.1. The number of amides is 3. The predicted molar refractivity (Wildman–Crippen MR) is 383 cm³/mol. The van der Waals surface area contributed by atoms with Crippen LogP contribution in [0.3, 0.4) is 0 Å². The standard InChI is InChI=1S/C78H129N3O12S/c1-9-11-13-15-17-19-21-23-25-29-33-37-41-53-71(83)89-58-62(91-72(84)54-42-38-34-30-26-24-22-20-18-16-14-12-10-2)60-94-61-69(81-76(88)90-59-67-65-50-45-43-48-63(65)64-49-44-46-51-66(64)67)74(86)79-57-47-39-35-31-27-28-32-36-40-52-70(82)80-68(75(87)93-78(6,7)8)55-56-73(85)92-77(3,4)5/h43-46,48-51,62,67-69H,9-42,47,52-61H2,1-8H3,(H,79,86)(H,80,82)(H,81,88)/t62-,68+,69+/m1/s1. The summed E-state index contributed by atoms with van der Waals surface area (Å²) in [6.07, 6.45) is 39.3. The lowest BCUT2D eigenvalue weighted by Crippen LogP contribution is -2.49. The average molecular weight is 1330 g/mol. The molecule has 0 aliphatic heterocycles. The van der Waals surface area contributed by atoms with Crippen molar-refractivity contribution < 1.29 is 57.2 Å². The van der Waals surface area contributed by atoms with Crippen molar-refractivity contribution in [1.82, 2.24) is 16.0 Å². The molecule has 0 radical (unpaired) electrons. The molecular weight excluding hydrogens is 1200 g/mol. The van der Waals surface area contributed by atoms with Crippen LogP contribution in [0.1, 0.15) is 329 Å². The number of fused-ring (bicyclic) bond motifs is 3. The summed E-state index contributed by atoms with van der Waals surface area (Å²) < 4.78 is 28.7. The number of nitrogens with one attached hydrogen (secondary N) is 3. The molecule has 0 spiro atoms. The quantitative estimate of drug-likeness (QED) is 0.0321. The highest BCUT2D eigenvalue weighted by Gasteiger charge is 2.32. The molecule has 0 aromatic heterocycles. The molecule has 1 aliphatic carbocycles. The van der Waals surface area contributed by atoms with Gasteiger partial charge in [0.2, 0.25) is 11.8 Å². The smallest absolute Gasteiger partial charge is 0.407 e. The SMILES string of the molecule is CCCCCCCCCCCCCCCC(=O)OC[C@H](CSC[C@H](NC(=O)OCC1c2ccccc2-c2ccccc21)C(=O)NCCCCCCCCCCCC(=O)N[C@@H](CCC(=O)OC(C)(C)C)C(=O)OC(C)(C)C)OC(=O)CCCCCCCCCCCCCCC. The van der Waals surface area contributed by atoms with Crippen molar-refractivity contribution in [2.75, 3.05) is 31.3 Å². The Balaban J connectivity index is 1.52. The minimum absolute atomic E-state index is 0.0242. The maximum atomic E-state index is 14.0. The summed E-state index contributed by atoms with van der Waals surface area (Å²) in [5.41, 5.74) is 3.00. The van der Waals surface area contributed by atoms with Crippen molar-refractivity contribution in [3.05, 3.63) is 59.7 Å². The van der Waals surface area contributed by atoms with E-state index in [0.29, 0.717) is 19.4 Å². The highest BCUT2D eigenvalue weighted by atomic mass is 32.2. The lowest BCUT2D eigenvalue weighted by Gasteiger charge is -2.25. The average Bonchev–Trinajstić information content (AvgIpc) is 1.64. The van der Waals surface area contributed by atoms with Crippen LogP contribution in [0.5, 0.6) is 0 Å². The van der Waals surface area contributed by atoms with Gasteiger partial charge in [0.25, 0.3) is 0 Å². The van der Waals surface area contributed by atoms with E-state index in [-0.39, 0.29) is 80.1 Å². The third-order valence-corrected chi connectivity index (χ3v) is 18.4. The zero-order chi connectivity index (χ0) is 68.5. The summed E-state index contributed by atoms with van der Waals surface area (Å²) in [4.78, 5) is 92.5. The van der Waals surface area contributed by atoms with E-state index in [1.165, 1.54) is 140 Å². The fraction of sp³-hybridized carbons (Fsp3) is 0.756. The van der Waals surface area contributed by atoms with E-state index >= 15 is 0 Å². The number of thioether (sulfide) groups is 1. The molecule has 15 nitrogen and oxygen atoms in total. The van der Waals surface area contributed by atoms with Crippen LogP contribution < -0.4 is 16.0 Å². The van der Waals surface area contributed by atoms with Crippen molar-refractivity contribution >= 4 is 53.5 Å². The normalized spacial score (nSPS) is 13.1. The van der Waals surface area contributed by atoms with Gasteiger partial charge >= 0.3 is 30.0 Å². The number of unbranched alkanes of at least 4 members (excludes halogenated alkanes) is 32. The molecule has 3 N–H and O–H groups in total. The molecule has 534 valence electrons. The fourth-order valence-corrected chi connectivity index (χ4v) is 13.0. The molecule has 94 heavy (non-hydrogen) atoms. The molecule has 0 unspecified atom stereocenters. The van der Waals surface area contributed by atoms with Crippen LogP contribution >= 0.6 is 11.8 Å². The second kappa shape index (κ2) is 51.1. The third-order valence-electron chi connectivity index (χ3n) is 17.2. The number of carbonyl (C=O) groups is 7. The Morgan fingerprint density at radius 1 is 0.447 bits per heavy atom. The summed E-state index contributed by atoms with van der Waals surface area (Å²) in [7, 11) is 0. The van der Waals surface area contributed by atoms with E-state index in [9.17, 15) is 33.6 Å². The molecule has 2 aromatic rings. The van der Waals surface area contributed by atoms with E-state index in [1.54, 1.807) is 41.5 Å². The minimum atomic E-state index is -0.956. The number of esters is 4. The van der Waals surface area contributed by atoms with Crippen molar-refractivity contribution in [2.24, 2.45) is 0 Å². The Labute approximate surface area is 573 Å². The Kier molecular flexibility index (Phi) is 45.2. The predicted octanol–water partition coefficient (Wildman–Crippen LogP) is 19.0. The van der Waals surface area contributed by atoms with Crippen LogP contribution in [-0.2, 0) is 52.5 Å². The first kappa shape index (κ1) is 83.1. The van der Waals surface area contributed by atoms with E-state index in [0.717, 1.165) is 112 Å². The van der Waals surface area contributed by atoms with Crippen LogP contribution in [0, 0.1) is 0 Å². The molecule has 16 heteroatoms. The van der Waals surface area contributed by atoms with Crippen LogP contribution in [-0.4, -0.2) is 102 Å². The van der Waals surface area contributed by atoms with Gasteiger partial charge in [0.15, 0.2) is 0 Å². The lowest BCUT2D eigenvalue weighted by atomic mass is 9.98. The number of ether oxygens (including phenoxy) is 5. The van der Waals surface area contributed by atoms with E-state index in [4.69, 9.17) is 23.7 Å². The molecule has 0 fully saturated rings. The van der Waals surface area contributed by atoms with Gasteiger partial charge in [0.05, 0.1) is 0 Å². The van der Waals surface area contributed by atoms with Crippen molar-refractivity contribution in [1.29, 1.82) is 0 Å². The number of hydrogen-bond donors (Lipinski definition) is 3. The highest BCUT2D eigenvalue weighted by molar-refractivity contribution is 7.99. The van der Waals surface area contributed by atoms with Crippen LogP contribution in [0.2, 0.25) is 0 Å². The molecule has 0 bridgehead atoms. The van der Waals surface area contributed by atoms with Gasteiger partial charge in [-0.2, -0.15) is 11.8 Å². The number of benzene rings is 2. The maximum Gasteiger partial charge on any atom is 0.407 e. The van der Waals surface area contributed by atoms with Crippen LogP contribution in [0.25, 0.3) is 11.1 Å². The van der Waals surface area contributed by atoms with Gasteiger partial charge in [-0.1, -0.05) is 261 Å². The zero-order valence-corrected chi connectivity index (χ0v) is 60.9. The van der Waals surface area contributed by atoms with Gasteiger partial charge < -0.3 is 39.6 Å². The number of hydrogen-bond acceptors (Lipinski definition) is 13. The van der Waals surface area contributed by atoms with Crippen molar-refractivity contribution in [2.45, 2.75) is 348 Å². The van der Waals surface area contributed by atoms with E-state index < -0.39 is 47.4 Å². The second-order valence-electron chi connectivity index (χ2n) is 28.3. The molecule has 0 heterocycles. The monoisotopic (exact) mass is 1330 g/mol. The number of alkyl carbamates (subject to hydrolysis) is 1. The summed E-state index contributed by atoms with van der Waals surface area (Å²) in [6, 6.07) is 14.4. The van der Waals surface area contributed by atoms with Crippen LogP contribution in [0.15, 0.2) is 48.5 Å². The van der Waals surface area contributed by atoms with E-state index in [1.807, 2.05) is 24.3 Å². The lowest BCUT2D eigenvalue weighted by molar-refractivity contribution is -0.160. The molecule has 0 saturated carbocycles. The molecule has 3 amide bonds. The Bertz CT molecular complexity index is 2360. The summed E-state index contributed by atoms with van der Waals surface area (Å²) in [5, 5.41) is 8.71. The van der Waals surface area contributed by atoms with Crippen LogP contribution in [0.4, 0.5) is 4.79 Å². The van der Waals surface area contributed by atoms with Crippen molar-refractivity contribution in [3.63, 3.8) is 0 Å². The molecular formula is C78H129N3O12S. The largest absolute Gasteiger partial charge is 0.462 e. The first-order chi connectivity index (χ1) is 45.3. The minimum Gasteiger partial charge on any atom is -0.462 e. The number of rotatable bonds is 56. The van der Waals surface area contributed by atoms with Crippen molar-refractivity contribution in [3.8, 4) is 11.1 Å². The molecule has 0 saturated heterocycles. The Morgan fingerprint density at radius 3 is 1.34 bits per heavy atom. The third kappa shape index (κ3) is 41.1. The van der Waals surface area contributed by atoms with E-state index in [2.05, 4.69) is 54.1 Å². The first-order valence-corrected chi connectivity index (χ1v) is 38.5. The topological polar surface area (TPSA) is 202 Å². The summed E-state index contributed by atoms with van der Waals surface area (Å²) in [5.74, 6) is -1.96.